The third-order valence-corrected chi connectivity index (χ3v) is 5.65. The van der Waals surface area contributed by atoms with Crippen LogP contribution >= 0.6 is 0 Å². The third-order valence-electron chi connectivity index (χ3n) is 5.65. The molecular weight excluding hydrogens is 314 g/mol. The quantitative estimate of drug-likeness (QED) is 0.927. The molecule has 3 heterocycles. The molecule has 1 aromatic heterocycles. The molecule has 134 valence electrons. The van der Waals surface area contributed by atoms with Gasteiger partial charge in [0.15, 0.2) is 0 Å². The number of aromatic nitrogens is 1. The Bertz CT molecular complexity index is 779. The number of methoxy groups -OCH3 is 1. The molecule has 0 bridgehead atoms. The number of nitrogens with zero attached hydrogens (tertiary/aromatic N) is 3. The number of pyridine rings is 1. The molecule has 5 nitrogen and oxygen atoms in total. The zero-order valence-electron chi connectivity index (χ0n) is 15.3. The van der Waals surface area contributed by atoms with Crippen molar-refractivity contribution in [3.63, 3.8) is 0 Å². The van der Waals surface area contributed by atoms with Gasteiger partial charge < -0.3 is 9.84 Å². The van der Waals surface area contributed by atoms with E-state index in [4.69, 9.17) is 9.72 Å². The van der Waals surface area contributed by atoms with Crippen LogP contribution in [0.4, 0.5) is 0 Å². The molecule has 2 aliphatic rings. The number of fused-ring (bicyclic) bond motifs is 2. The van der Waals surface area contributed by atoms with Crippen molar-refractivity contribution in [1.82, 2.24) is 14.8 Å². The Morgan fingerprint density at radius 2 is 2.08 bits per heavy atom. The Hall–Kier alpha value is -1.69. The maximum absolute atomic E-state index is 9.95. The van der Waals surface area contributed by atoms with Gasteiger partial charge in [-0.2, -0.15) is 0 Å². The van der Waals surface area contributed by atoms with E-state index < -0.39 is 0 Å². The molecule has 3 atom stereocenters. The molecule has 0 aliphatic carbocycles. The number of aryl methyl sites for hydroxylation is 1. The van der Waals surface area contributed by atoms with Crippen molar-refractivity contribution in [1.29, 1.82) is 0 Å². The second kappa shape index (κ2) is 6.56. The highest BCUT2D eigenvalue weighted by Crippen LogP contribution is 2.29. The van der Waals surface area contributed by atoms with E-state index in [0.29, 0.717) is 12.1 Å². The van der Waals surface area contributed by atoms with E-state index in [0.717, 1.165) is 54.9 Å². The summed E-state index contributed by atoms with van der Waals surface area (Å²) in [5.41, 5.74) is 3.33. The molecule has 25 heavy (non-hydrogen) atoms. The highest BCUT2D eigenvalue weighted by atomic mass is 16.5. The summed E-state index contributed by atoms with van der Waals surface area (Å²) < 4.78 is 5.59. The Morgan fingerprint density at radius 1 is 1.24 bits per heavy atom. The van der Waals surface area contributed by atoms with Crippen LogP contribution in [0.2, 0.25) is 0 Å². The number of aliphatic hydroxyl groups excluding tert-OH is 1. The molecule has 1 unspecified atom stereocenters. The maximum atomic E-state index is 9.95. The van der Waals surface area contributed by atoms with Crippen molar-refractivity contribution >= 4 is 10.9 Å². The molecule has 0 amide bonds. The molecule has 2 aliphatic heterocycles. The number of benzene rings is 1. The minimum absolute atomic E-state index is 0.169. The van der Waals surface area contributed by atoms with Crippen LogP contribution in [0.15, 0.2) is 24.3 Å². The van der Waals surface area contributed by atoms with Gasteiger partial charge in [-0.15, -0.1) is 0 Å². The summed E-state index contributed by atoms with van der Waals surface area (Å²) in [5, 5.41) is 11.1. The SMILES string of the molecule is COc1nc2cc(C)ccc2cc1CN1CC2C[C@@H](O)CN2C[C@@H]1C. The first kappa shape index (κ1) is 16.8. The fraction of sp³-hybridized carbons (Fsp3) is 0.550. The molecule has 0 saturated carbocycles. The van der Waals surface area contributed by atoms with Gasteiger partial charge >= 0.3 is 0 Å². The molecule has 2 fully saturated rings. The number of ether oxygens (including phenoxy) is 1. The predicted molar refractivity (Wildman–Crippen MR) is 98.9 cm³/mol. The average molecular weight is 341 g/mol. The summed E-state index contributed by atoms with van der Waals surface area (Å²) in [6.45, 7) is 8.02. The van der Waals surface area contributed by atoms with E-state index >= 15 is 0 Å². The zero-order chi connectivity index (χ0) is 17.6. The summed E-state index contributed by atoms with van der Waals surface area (Å²) >= 11 is 0. The second-order valence-corrected chi connectivity index (χ2v) is 7.63. The summed E-state index contributed by atoms with van der Waals surface area (Å²) in [4.78, 5) is 9.66. The molecule has 1 N–H and O–H groups in total. The van der Waals surface area contributed by atoms with Crippen LogP contribution in [0.3, 0.4) is 0 Å². The predicted octanol–water partition coefficient (Wildman–Crippen LogP) is 2.19. The molecule has 1 aromatic carbocycles. The summed E-state index contributed by atoms with van der Waals surface area (Å²) in [5.74, 6) is 0.721. The van der Waals surface area contributed by atoms with Gasteiger partial charge in [0.25, 0.3) is 0 Å². The molecule has 4 rings (SSSR count). The van der Waals surface area contributed by atoms with Gasteiger partial charge in [0, 0.05) is 49.2 Å². The molecule has 5 heteroatoms. The van der Waals surface area contributed by atoms with E-state index in [2.05, 4.69) is 47.9 Å². The Kier molecular flexibility index (Phi) is 4.40. The molecule has 2 aromatic rings. The molecule has 0 radical (unpaired) electrons. The standard InChI is InChI=1S/C20H27N3O2/c1-13-4-5-15-7-16(20(25-3)21-19(15)6-13)10-22-11-17-8-18(24)12-23(17)9-14(22)2/h4-7,14,17-18,24H,8-12H2,1-3H3/t14-,17?,18+/m0/s1. The minimum atomic E-state index is -0.169. The number of piperazine rings is 1. The second-order valence-electron chi connectivity index (χ2n) is 7.63. The van der Waals surface area contributed by atoms with E-state index in [-0.39, 0.29) is 6.10 Å². The van der Waals surface area contributed by atoms with Gasteiger partial charge in [0.2, 0.25) is 5.88 Å². The van der Waals surface area contributed by atoms with Crippen molar-refractivity contribution in [2.75, 3.05) is 26.7 Å². The monoisotopic (exact) mass is 341 g/mol. The minimum Gasteiger partial charge on any atom is -0.481 e. The van der Waals surface area contributed by atoms with Gasteiger partial charge in [0.1, 0.15) is 0 Å². The van der Waals surface area contributed by atoms with Gasteiger partial charge in [-0.25, -0.2) is 4.98 Å². The summed E-state index contributed by atoms with van der Waals surface area (Å²) in [6.07, 6.45) is 0.715. The van der Waals surface area contributed by atoms with Gasteiger partial charge in [-0.3, -0.25) is 9.80 Å². The van der Waals surface area contributed by atoms with Crippen molar-refractivity contribution in [3.8, 4) is 5.88 Å². The first-order valence-corrected chi connectivity index (χ1v) is 9.14. The van der Waals surface area contributed by atoms with Gasteiger partial charge in [-0.1, -0.05) is 12.1 Å². The van der Waals surface area contributed by atoms with Gasteiger partial charge in [0.05, 0.1) is 18.7 Å². The largest absolute Gasteiger partial charge is 0.481 e. The number of aliphatic hydroxyl groups is 1. The lowest BCUT2D eigenvalue weighted by atomic mass is 10.1. The van der Waals surface area contributed by atoms with Crippen LogP contribution in [0.25, 0.3) is 10.9 Å². The number of rotatable bonds is 3. The smallest absolute Gasteiger partial charge is 0.218 e. The average Bonchev–Trinajstić information content (AvgIpc) is 2.93. The van der Waals surface area contributed by atoms with Crippen LogP contribution in [0.1, 0.15) is 24.5 Å². The lowest BCUT2D eigenvalue weighted by Gasteiger charge is -2.42. The fourth-order valence-corrected chi connectivity index (χ4v) is 4.31. The van der Waals surface area contributed by atoms with E-state index in [1.807, 2.05) is 0 Å². The Morgan fingerprint density at radius 3 is 2.88 bits per heavy atom. The number of hydrogen-bond donors (Lipinski definition) is 1. The van der Waals surface area contributed by atoms with E-state index in [9.17, 15) is 5.11 Å². The molecule has 2 saturated heterocycles. The maximum Gasteiger partial charge on any atom is 0.218 e. The topological polar surface area (TPSA) is 48.8 Å². The van der Waals surface area contributed by atoms with Crippen LogP contribution < -0.4 is 4.74 Å². The highest BCUT2D eigenvalue weighted by Gasteiger charge is 2.38. The van der Waals surface area contributed by atoms with Gasteiger partial charge in [-0.05, 0) is 38.0 Å². The lowest BCUT2D eigenvalue weighted by Crippen LogP contribution is -2.54. The first-order valence-electron chi connectivity index (χ1n) is 9.14. The van der Waals surface area contributed by atoms with Crippen LogP contribution in [-0.4, -0.2) is 64.8 Å². The molecule has 0 spiro atoms. The zero-order valence-corrected chi connectivity index (χ0v) is 15.3. The summed E-state index contributed by atoms with van der Waals surface area (Å²) in [6, 6.07) is 9.50. The lowest BCUT2D eigenvalue weighted by molar-refractivity contribution is 0.0523. The molecular formula is C20H27N3O2. The Labute approximate surface area is 149 Å². The van der Waals surface area contributed by atoms with E-state index in [1.165, 1.54) is 5.56 Å². The van der Waals surface area contributed by atoms with Crippen molar-refractivity contribution in [3.05, 3.63) is 35.4 Å². The van der Waals surface area contributed by atoms with Crippen molar-refractivity contribution < 1.29 is 9.84 Å². The highest BCUT2D eigenvalue weighted by molar-refractivity contribution is 5.80. The van der Waals surface area contributed by atoms with E-state index in [1.54, 1.807) is 7.11 Å². The first-order chi connectivity index (χ1) is 12.0. The van der Waals surface area contributed by atoms with Crippen molar-refractivity contribution in [2.45, 2.75) is 45.0 Å². The number of hydrogen-bond acceptors (Lipinski definition) is 5. The van der Waals surface area contributed by atoms with Crippen LogP contribution in [0.5, 0.6) is 5.88 Å². The third kappa shape index (κ3) is 3.24. The van der Waals surface area contributed by atoms with Crippen molar-refractivity contribution in [2.24, 2.45) is 0 Å². The van der Waals surface area contributed by atoms with Crippen LogP contribution in [-0.2, 0) is 6.54 Å². The fourth-order valence-electron chi connectivity index (χ4n) is 4.31. The summed E-state index contributed by atoms with van der Waals surface area (Å²) in [7, 11) is 1.70. The van der Waals surface area contributed by atoms with Crippen LogP contribution in [0, 0.1) is 6.92 Å². The normalized spacial score (nSPS) is 27.6. The Balaban J connectivity index is 1.60.